The van der Waals surface area contributed by atoms with Crippen molar-refractivity contribution in [3.05, 3.63) is 38.9 Å². The highest BCUT2D eigenvalue weighted by atomic mass is 35.5. The summed E-state index contributed by atoms with van der Waals surface area (Å²) in [5.74, 6) is 1.18. The highest BCUT2D eigenvalue weighted by Crippen LogP contribution is 2.22. The number of aromatic nitrogens is 2. The zero-order valence-electron chi connectivity index (χ0n) is 10.2. The molecule has 0 aliphatic carbocycles. The van der Waals surface area contributed by atoms with Crippen molar-refractivity contribution in [2.75, 3.05) is 11.9 Å². The standard InChI is InChI=1S/C12H13Cl2N3S/c1-8-11(18-7-15-8)6-17(2)12-4-3-9(14)10(5-13)16-12/h3-4,7H,5-6H2,1-2H3. The van der Waals surface area contributed by atoms with E-state index >= 15 is 0 Å². The zero-order chi connectivity index (χ0) is 13.1. The second kappa shape index (κ2) is 5.87. The van der Waals surface area contributed by atoms with Crippen LogP contribution in [0.4, 0.5) is 5.82 Å². The average Bonchev–Trinajstić information content (AvgIpc) is 2.75. The quantitative estimate of drug-likeness (QED) is 0.803. The fourth-order valence-electron chi connectivity index (χ4n) is 1.55. The number of hydrogen-bond acceptors (Lipinski definition) is 4. The van der Waals surface area contributed by atoms with Crippen LogP contribution in [0, 0.1) is 6.92 Å². The van der Waals surface area contributed by atoms with E-state index in [0.29, 0.717) is 16.6 Å². The summed E-state index contributed by atoms with van der Waals surface area (Å²) in [6.07, 6.45) is 0. The van der Waals surface area contributed by atoms with Gasteiger partial charge in [0.25, 0.3) is 0 Å². The topological polar surface area (TPSA) is 29.0 Å². The summed E-state index contributed by atoms with van der Waals surface area (Å²) in [5, 5.41) is 0.608. The molecule has 0 bridgehead atoms. The molecule has 0 aliphatic heterocycles. The minimum Gasteiger partial charge on any atom is -0.354 e. The van der Waals surface area contributed by atoms with Gasteiger partial charge in [0.1, 0.15) is 5.82 Å². The summed E-state index contributed by atoms with van der Waals surface area (Å²) >= 11 is 13.5. The van der Waals surface area contributed by atoms with Crippen LogP contribution in [0.3, 0.4) is 0 Å². The number of alkyl halides is 1. The monoisotopic (exact) mass is 301 g/mol. The third kappa shape index (κ3) is 2.94. The van der Waals surface area contributed by atoms with Gasteiger partial charge in [0, 0.05) is 11.9 Å². The summed E-state index contributed by atoms with van der Waals surface area (Å²) in [4.78, 5) is 12.0. The zero-order valence-corrected chi connectivity index (χ0v) is 12.5. The SMILES string of the molecule is Cc1ncsc1CN(C)c1ccc(Cl)c(CCl)n1. The molecule has 0 radical (unpaired) electrons. The number of anilines is 1. The van der Waals surface area contributed by atoms with Gasteiger partial charge in [0.05, 0.1) is 34.3 Å². The molecule has 2 aromatic rings. The predicted octanol–water partition coefficient (Wildman–Crippen LogP) is 3.88. The highest BCUT2D eigenvalue weighted by molar-refractivity contribution is 7.09. The summed E-state index contributed by atoms with van der Waals surface area (Å²) in [6.45, 7) is 2.80. The minimum absolute atomic E-state index is 0.320. The lowest BCUT2D eigenvalue weighted by molar-refractivity contribution is 0.894. The molecule has 0 saturated carbocycles. The van der Waals surface area contributed by atoms with Crippen molar-refractivity contribution < 1.29 is 0 Å². The van der Waals surface area contributed by atoms with Crippen molar-refractivity contribution in [3.63, 3.8) is 0 Å². The van der Waals surface area contributed by atoms with Crippen LogP contribution in [0.2, 0.25) is 5.02 Å². The Bertz CT molecular complexity index is 542. The first-order chi connectivity index (χ1) is 8.61. The molecule has 0 fully saturated rings. The van der Waals surface area contributed by atoms with Gasteiger partial charge < -0.3 is 4.90 Å². The van der Waals surface area contributed by atoms with Crippen LogP contribution >= 0.6 is 34.5 Å². The smallest absolute Gasteiger partial charge is 0.129 e. The van der Waals surface area contributed by atoms with E-state index in [1.807, 2.05) is 31.6 Å². The molecular formula is C12H13Cl2N3S. The van der Waals surface area contributed by atoms with E-state index in [1.54, 1.807) is 11.3 Å². The van der Waals surface area contributed by atoms with Gasteiger partial charge in [0.2, 0.25) is 0 Å². The second-order valence-electron chi connectivity index (χ2n) is 3.95. The third-order valence-electron chi connectivity index (χ3n) is 2.65. The van der Waals surface area contributed by atoms with Gasteiger partial charge in [-0.1, -0.05) is 11.6 Å². The molecule has 0 atom stereocenters. The molecule has 0 amide bonds. The molecule has 0 saturated heterocycles. The highest BCUT2D eigenvalue weighted by Gasteiger charge is 2.09. The van der Waals surface area contributed by atoms with Crippen LogP contribution < -0.4 is 4.90 Å². The van der Waals surface area contributed by atoms with Gasteiger partial charge in [-0.15, -0.1) is 22.9 Å². The van der Waals surface area contributed by atoms with E-state index in [1.165, 1.54) is 4.88 Å². The van der Waals surface area contributed by atoms with E-state index in [2.05, 4.69) is 14.9 Å². The van der Waals surface area contributed by atoms with Crippen molar-refractivity contribution in [3.8, 4) is 0 Å². The molecular weight excluding hydrogens is 289 g/mol. The summed E-state index contributed by atoms with van der Waals surface area (Å²) in [5.41, 5.74) is 3.64. The maximum Gasteiger partial charge on any atom is 0.129 e. The summed E-state index contributed by atoms with van der Waals surface area (Å²) < 4.78 is 0. The number of nitrogens with zero attached hydrogens (tertiary/aromatic N) is 3. The van der Waals surface area contributed by atoms with E-state index < -0.39 is 0 Å². The second-order valence-corrected chi connectivity index (χ2v) is 5.56. The molecule has 3 nitrogen and oxygen atoms in total. The van der Waals surface area contributed by atoms with Crippen LogP contribution in [-0.4, -0.2) is 17.0 Å². The Hall–Kier alpha value is -0.840. The van der Waals surface area contributed by atoms with Crippen molar-refractivity contribution in [2.24, 2.45) is 0 Å². The molecule has 2 heterocycles. The number of hydrogen-bond donors (Lipinski definition) is 0. The van der Waals surface area contributed by atoms with Crippen LogP contribution in [0.15, 0.2) is 17.6 Å². The van der Waals surface area contributed by atoms with Gasteiger partial charge in [-0.25, -0.2) is 9.97 Å². The van der Waals surface area contributed by atoms with Gasteiger partial charge in [-0.2, -0.15) is 0 Å². The lowest BCUT2D eigenvalue weighted by Crippen LogP contribution is -2.18. The third-order valence-corrected chi connectivity index (χ3v) is 4.16. The van der Waals surface area contributed by atoms with Gasteiger partial charge in [0.15, 0.2) is 0 Å². The lowest BCUT2D eigenvalue weighted by atomic mass is 10.3. The van der Waals surface area contributed by atoms with E-state index in [4.69, 9.17) is 23.2 Å². The summed E-state index contributed by atoms with van der Waals surface area (Å²) in [6, 6.07) is 3.73. The Morgan fingerprint density at radius 2 is 2.17 bits per heavy atom. The van der Waals surface area contributed by atoms with Crippen molar-refractivity contribution in [1.82, 2.24) is 9.97 Å². The predicted molar refractivity (Wildman–Crippen MR) is 77.8 cm³/mol. The maximum atomic E-state index is 6.00. The Morgan fingerprint density at radius 3 is 2.78 bits per heavy atom. The van der Waals surface area contributed by atoms with Gasteiger partial charge in [-0.05, 0) is 19.1 Å². The van der Waals surface area contributed by atoms with E-state index in [-0.39, 0.29) is 0 Å². The van der Waals surface area contributed by atoms with Crippen LogP contribution in [0.1, 0.15) is 16.3 Å². The van der Waals surface area contributed by atoms with E-state index in [0.717, 1.165) is 18.1 Å². The molecule has 2 rings (SSSR count). The van der Waals surface area contributed by atoms with Crippen LogP contribution in [-0.2, 0) is 12.4 Å². The average molecular weight is 302 g/mol. The molecule has 0 spiro atoms. The molecule has 2 aromatic heterocycles. The first-order valence-electron chi connectivity index (χ1n) is 5.43. The lowest BCUT2D eigenvalue weighted by Gasteiger charge is -2.18. The number of pyridine rings is 1. The largest absolute Gasteiger partial charge is 0.354 e. The molecule has 0 aromatic carbocycles. The van der Waals surface area contributed by atoms with E-state index in [9.17, 15) is 0 Å². The first kappa shape index (κ1) is 13.6. The number of thiazole rings is 1. The number of halogens is 2. The summed E-state index contributed by atoms with van der Waals surface area (Å²) in [7, 11) is 1.99. The van der Waals surface area contributed by atoms with Crippen LogP contribution in [0.5, 0.6) is 0 Å². The Balaban J connectivity index is 2.18. The fraction of sp³-hybridized carbons (Fsp3) is 0.333. The molecule has 6 heteroatoms. The minimum atomic E-state index is 0.320. The number of rotatable bonds is 4. The van der Waals surface area contributed by atoms with Crippen molar-refractivity contribution in [1.29, 1.82) is 0 Å². The first-order valence-corrected chi connectivity index (χ1v) is 7.22. The van der Waals surface area contributed by atoms with Gasteiger partial charge in [-0.3, -0.25) is 0 Å². The molecule has 18 heavy (non-hydrogen) atoms. The van der Waals surface area contributed by atoms with Gasteiger partial charge >= 0.3 is 0 Å². The molecule has 96 valence electrons. The van der Waals surface area contributed by atoms with Crippen molar-refractivity contribution in [2.45, 2.75) is 19.3 Å². The Kier molecular flexibility index (Phi) is 4.43. The van der Waals surface area contributed by atoms with Crippen LogP contribution in [0.25, 0.3) is 0 Å². The maximum absolute atomic E-state index is 6.00. The van der Waals surface area contributed by atoms with Crippen molar-refractivity contribution >= 4 is 40.4 Å². The molecule has 0 unspecified atom stereocenters. The molecule has 0 aliphatic rings. The Morgan fingerprint density at radius 1 is 1.39 bits per heavy atom. The molecule has 0 N–H and O–H groups in total. The Labute approximate surface area is 120 Å². The number of aryl methyl sites for hydroxylation is 1. The fourth-order valence-corrected chi connectivity index (χ4v) is 2.83. The normalized spacial score (nSPS) is 10.7.